The van der Waals surface area contributed by atoms with E-state index in [-0.39, 0.29) is 0 Å². The van der Waals surface area contributed by atoms with Crippen LogP contribution in [0.5, 0.6) is 0 Å². The molecule has 0 bridgehead atoms. The van der Waals surface area contributed by atoms with Crippen molar-refractivity contribution in [2.75, 3.05) is 13.6 Å². The van der Waals surface area contributed by atoms with Crippen LogP contribution in [0, 0.1) is 0 Å². The lowest BCUT2D eigenvalue weighted by molar-refractivity contribution is 0.678. The molecule has 0 aliphatic carbocycles. The fourth-order valence-electron chi connectivity index (χ4n) is 1.98. The molecule has 2 aromatic rings. The summed E-state index contributed by atoms with van der Waals surface area (Å²) in [5, 5.41) is 14.9. The van der Waals surface area contributed by atoms with Gasteiger partial charge in [0.15, 0.2) is 17.4 Å². The zero-order valence-corrected chi connectivity index (χ0v) is 12.1. The first-order valence-electron chi connectivity index (χ1n) is 7.08. The normalized spacial score (nSPS) is 11.8. The van der Waals surface area contributed by atoms with Crippen molar-refractivity contribution in [3.8, 4) is 0 Å². The monoisotopic (exact) mass is 274 g/mol. The molecular weight excluding hydrogens is 252 g/mol. The number of unbranched alkanes of at least 4 members (excludes halogenated alkanes) is 2. The van der Waals surface area contributed by atoms with E-state index in [9.17, 15) is 0 Å². The summed E-state index contributed by atoms with van der Waals surface area (Å²) in [7, 11) is 1.77. The second-order valence-corrected chi connectivity index (χ2v) is 4.60. The molecule has 0 aliphatic heterocycles. The molecule has 0 aromatic carbocycles. The summed E-state index contributed by atoms with van der Waals surface area (Å²) in [5.74, 6) is 1.67. The Kier molecular flexibility index (Phi) is 5.34. The van der Waals surface area contributed by atoms with Crippen LogP contribution in [0.3, 0.4) is 0 Å². The number of aromatic nitrogens is 3. The molecule has 6 heteroatoms. The number of guanidine groups is 1. The average molecular weight is 274 g/mol. The van der Waals surface area contributed by atoms with Crippen LogP contribution in [0.25, 0.3) is 5.65 Å². The Morgan fingerprint density at radius 3 is 2.95 bits per heavy atom. The van der Waals surface area contributed by atoms with Gasteiger partial charge in [0, 0.05) is 19.8 Å². The van der Waals surface area contributed by atoms with Gasteiger partial charge in [0.1, 0.15) is 0 Å². The quantitative estimate of drug-likeness (QED) is 0.477. The molecule has 2 aromatic heterocycles. The predicted molar refractivity (Wildman–Crippen MR) is 80.7 cm³/mol. The fraction of sp³-hybridized carbons (Fsp3) is 0.500. The molecule has 0 saturated heterocycles. The summed E-state index contributed by atoms with van der Waals surface area (Å²) in [6.45, 7) is 3.73. The average Bonchev–Trinajstić information content (AvgIpc) is 2.90. The summed E-state index contributed by atoms with van der Waals surface area (Å²) in [4.78, 5) is 4.20. The molecule has 0 radical (unpaired) electrons. The Bertz CT molecular complexity index is 560. The van der Waals surface area contributed by atoms with Gasteiger partial charge >= 0.3 is 0 Å². The topological polar surface area (TPSA) is 66.6 Å². The summed E-state index contributed by atoms with van der Waals surface area (Å²) in [6.07, 6.45) is 5.58. The van der Waals surface area contributed by atoms with E-state index < -0.39 is 0 Å². The molecule has 0 saturated carbocycles. The van der Waals surface area contributed by atoms with Gasteiger partial charge < -0.3 is 10.6 Å². The first-order valence-corrected chi connectivity index (χ1v) is 7.08. The summed E-state index contributed by atoms with van der Waals surface area (Å²) >= 11 is 0. The van der Waals surface area contributed by atoms with Crippen molar-refractivity contribution in [1.29, 1.82) is 0 Å². The highest BCUT2D eigenvalue weighted by atomic mass is 15.3. The number of rotatable bonds is 6. The molecule has 2 heterocycles. The molecular formula is C14H22N6. The maximum Gasteiger partial charge on any atom is 0.191 e. The standard InChI is InChI=1S/C14H22N6/c1-3-4-6-9-16-14(15-2)17-11-13-19-18-12-8-5-7-10-20(12)13/h5,7-8,10H,3-4,6,9,11H2,1-2H3,(H2,15,16,17). The highest BCUT2D eigenvalue weighted by Gasteiger charge is 2.05. The molecule has 0 amide bonds. The van der Waals surface area contributed by atoms with Gasteiger partial charge in [0.25, 0.3) is 0 Å². The van der Waals surface area contributed by atoms with Gasteiger partial charge in [0.05, 0.1) is 6.54 Å². The molecule has 2 rings (SSSR count). The lowest BCUT2D eigenvalue weighted by Crippen LogP contribution is -2.37. The first-order chi connectivity index (χ1) is 9.85. The number of hydrogen-bond acceptors (Lipinski definition) is 3. The molecule has 0 unspecified atom stereocenters. The van der Waals surface area contributed by atoms with Gasteiger partial charge in [-0.25, -0.2) is 0 Å². The van der Waals surface area contributed by atoms with E-state index in [1.54, 1.807) is 7.05 Å². The molecule has 2 N–H and O–H groups in total. The van der Waals surface area contributed by atoms with Crippen LogP contribution in [0.2, 0.25) is 0 Å². The molecule has 0 atom stereocenters. The van der Waals surface area contributed by atoms with Crippen LogP contribution in [0.4, 0.5) is 0 Å². The van der Waals surface area contributed by atoms with Crippen LogP contribution < -0.4 is 10.6 Å². The number of nitrogens with zero attached hydrogens (tertiary/aromatic N) is 4. The van der Waals surface area contributed by atoms with Gasteiger partial charge in [-0.05, 0) is 18.6 Å². The Morgan fingerprint density at radius 1 is 1.25 bits per heavy atom. The SMILES string of the molecule is CCCCCNC(=NC)NCc1nnc2ccccn12. The molecule has 0 aliphatic rings. The molecule has 6 nitrogen and oxygen atoms in total. The maximum atomic E-state index is 4.20. The van der Waals surface area contributed by atoms with Crippen molar-refractivity contribution in [3.63, 3.8) is 0 Å². The fourth-order valence-corrected chi connectivity index (χ4v) is 1.98. The Morgan fingerprint density at radius 2 is 2.15 bits per heavy atom. The van der Waals surface area contributed by atoms with Gasteiger partial charge in [0.2, 0.25) is 0 Å². The van der Waals surface area contributed by atoms with Crippen LogP contribution in [-0.4, -0.2) is 34.2 Å². The van der Waals surface area contributed by atoms with Gasteiger partial charge in [-0.1, -0.05) is 25.8 Å². The zero-order valence-electron chi connectivity index (χ0n) is 12.1. The molecule has 0 fully saturated rings. The number of hydrogen-bond donors (Lipinski definition) is 2. The summed E-state index contributed by atoms with van der Waals surface area (Å²) < 4.78 is 1.97. The van der Waals surface area contributed by atoms with Gasteiger partial charge in [-0.3, -0.25) is 9.39 Å². The predicted octanol–water partition coefficient (Wildman–Crippen LogP) is 1.58. The number of nitrogens with one attached hydrogen (secondary N) is 2. The van der Waals surface area contributed by atoms with Gasteiger partial charge in [-0.2, -0.15) is 0 Å². The van der Waals surface area contributed by atoms with Crippen molar-refractivity contribution in [1.82, 2.24) is 25.2 Å². The minimum atomic E-state index is 0.596. The van der Waals surface area contributed by atoms with Gasteiger partial charge in [-0.15, -0.1) is 10.2 Å². The Hall–Kier alpha value is -2.11. The molecule has 20 heavy (non-hydrogen) atoms. The van der Waals surface area contributed by atoms with Crippen molar-refractivity contribution in [3.05, 3.63) is 30.2 Å². The third-order valence-corrected chi connectivity index (χ3v) is 3.09. The minimum Gasteiger partial charge on any atom is -0.356 e. The Labute approximate surface area is 119 Å². The minimum absolute atomic E-state index is 0.596. The number of fused-ring (bicyclic) bond motifs is 1. The lowest BCUT2D eigenvalue weighted by Gasteiger charge is -2.10. The van der Waals surface area contributed by atoms with Crippen molar-refractivity contribution in [2.24, 2.45) is 4.99 Å². The smallest absolute Gasteiger partial charge is 0.191 e. The summed E-state index contributed by atoms with van der Waals surface area (Å²) in [6, 6.07) is 5.86. The largest absolute Gasteiger partial charge is 0.356 e. The highest BCUT2D eigenvalue weighted by molar-refractivity contribution is 5.79. The van der Waals surface area contributed by atoms with Crippen molar-refractivity contribution < 1.29 is 0 Å². The van der Waals surface area contributed by atoms with E-state index in [2.05, 4.69) is 32.7 Å². The molecule has 108 valence electrons. The summed E-state index contributed by atoms with van der Waals surface area (Å²) in [5.41, 5.74) is 0.857. The third-order valence-electron chi connectivity index (χ3n) is 3.09. The van der Waals surface area contributed by atoms with Crippen LogP contribution >= 0.6 is 0 Å². The number of pyridine rings is 1. The second kappa shape index (κ2) is 7.47. The Balaban J connectivity index is 1.87. The number of aliphatic imine (C=N–C) groups is 1. The van der Waals surface area contributed by atoms with Crippen LogP contribution in [-0.2, 0) is 6.54 Å². The van der Waals surface area contributed by atoms with E-state index in [1.807, 2.05) is 28.8 Å². The lowest BCUT2D eigenvalue weighted by atomic mass is 10.2. The van der Waals surface area contributed by atoms with Crippen LogP contribution in [0.1, 0.15) is 32.0 Å². The van der Waals surface area contributed by atoms with E-state index in [1.165, 1.54) is 12.8 Å². The highest BCUT2D eigenvalue weighted by Crippen LogP contribution is 2.02. The second-order valence-electron chi connectivity index (χ2n) is 4.60. The molecule has 0 spiro atoms. The van der Waals surface area contributed by atoms with Crippen molar-refractivity contribution >= 4 is 11.6 Å². The van der Waals surface area contributed by atoms with Crippen LogP contribution in [0.15, 0.2) is 29.4 Å². The van der Waals surface area contributed by atoms with E-state index >= 15 is 0 Å². The maximum absolute atomic E-state index is 4.20. The van der Waals surface area contributed by atoms with Crippen molar-refractivity contribution in [2.45, 2.75) is 32.7 Å². The first kappa shape index (κ1) is 14.3. The van der Waals surface area contributed by atoms with E-state index in [4.69, 9.17) is 0 Å². The third kappa shape index (κ3) is 3.69. The van der Waals surface area contributed by atoms with E-state index in [0.29, 0.717) is 6.54 Å². The zero-order chi connectivity index (χ0) is 14.2. The van der Waals surface area contributed by atoms with E-state index in [0.717, 1.165) is 30.4 Å².